The summed E-state index contributed by atoms with van der Waals surface area (Å²) in [4.78, 5) is 13.7. The number of urea groups is 1. The molecule has 0 heterocycles. The van der Waals surface area contributed by atoms with Crippen LogP contribution in [0.3, 0.4) is 0 Å². The Morgan fingerprint density at radius 2 is 1.67 bits per heavy atom. The molecule has 0 fully saturated rings. The van der Waals surface area contributed by atoms with E-state index in [2.05, 4.69) is 10.1 Å². The van der Waals surface area contributed by atoms with Gasteiger partial charge in [-0.05, 0) is 35.4 Å². The van der Waals surface area contributed by atoms with Crippen LogP contribution in [0.15, 0.2) is 42.5 Å². The number of carbonyl (C=O) groups excluding carboxylic acids is 1. The van der Waals surface area contributed by atoms with Crippen molar-refractivity contribution < 1.29 is 27.8 Å². The van der Waals surface area contributed by atoms with Crippen molar-refractivity contribution >= 4 is 6.03 Å². The van der Waals surface area contributed by atoms with Crippen LogP contribution >= 0.6 is 0 Å². The first-order valence-electron chi connectivity index (χ1n) is 8.16. The summed E-state index contributed by atoms with van der Waals surface area (Å²) in [6, 6.07) is 11.3. The molecule has 0 aliphatic carbocycles. The van der Waals surface area contributed by atoms with E-state index in [1.807, 2.05) is 6.07 Å². The van der Waals surface area contributed by atoms with Gasteiger partial charge in [0.1, 0.15) is 5.75 Å². The topological polar surface area (TPSA) is 60.0 Å². The van der Waals surface area contributed by atoms with Crippen LogP contribution in [0, 0.1) is 0 Å². The molecular weight excluding hydrogens is 358 g/mol. The number of nitrogens with zero attached hydrogens (tertiary/aromatic N) is 1. The molecule has 0 radical (unpaired) electrons. The van der Waals surface area contributed by atoms with Crippen molar-refractivity contribution in [2.24, 2.45) is 0 Å². The maximum Gasteiger partial charge on any atom is 0.387 e. The number of methoxy groups -OCH3 is 2. The number of carbonyl (C=O) groups is 1. The van der Waals surface area contributed by atoms with E-state index in [1.165, 1.54) is 17.0 Å². The van der Waals surface area contributed by atoms with Gasteiger partial charge in [0.15, 0.2) is 11.5 Å². The monoisotopic (exact) mass is 380 g/mol. The summed E-state index contributed by atoms with van der Waals surface area (Å²) >= 11 is 0. The third-order valence-corrected chi connectivity index (χ3v) is 3.81. The number of alkyl halides is 2. The Bertz CT molecular complexity index is 754. The van der Waals surface area contributed by atoms with Crippen molar-refractivity contribution in [1.82, 2.24) is 10.2 Å². The third kappa shape index (κ3) is 6.02. The summed E-state index contributed by atoms with van der Waals surface area (Å²) in [5.41, 5.74) is 1.66. The zero-order valence-electron chi connectivity index (χ0n) is 15.4. The SMILES string of the molecule is COc1ccc(CNC(=O)N(C)Cc2ccc(OC(F)F)cc2)cc1OC. The molecule has 1 N–H and O–H groups in total. The highest BCUT2D eigenvalue weighted by Crippen LogP contribution is 2.27. The van der Waals surface area contributed by atoms with Crippen LogP contribution in [0.1, 0.15) is 11.1 Å². The average Bonchev–Trinajstić information content (AvgIpc) is 2.66. The van der Waals surface area contributed by atoms with Gasteiger partial charge in [-0.25, -0.2) is 4.79 Å². The van der Waals surface area contributed by atoms with Gasteiger partial charge in [0.2, 0.25) is 0 Å². The summed E-state index contributed by atoms with van der Waals surface area (Å²) in [5, 5.41) is 2.81. The fourth-order valence-corrected chi connectivity index (χ4v) is 2.43. The second kappa shape index (κ2) is 9.61. The second-order valence-corrected chi connectivity index (χ2v) is 5.73. The number of benzene rings is 2. The largest absolute Gasteiger partial charge is 0.493 e. The Hall–Kier alpha value is -3.03. The van der Waals surface area contributed by atoms with Crippen LogP contribution in [0.5, 0.6) is 17.2 Å². The van der Waals surface area contributed by atoms with E-state index >= 15 is 0 Å². The Morgan fingerprint density at radius 1 is 1.04 bits per heavy atom. The lowest BCUT2D eigenvalue weighted by molar-refractivity contribution is -0.0498. The fourth-order valence-electron chi connectivity index (χ4n) is 2.43. The van der Waals surface area contributed by atoms with Crippen LogP contribution in [0.4, 0.5) is 13.6 Å². The molecule has 2 rings (SSSR count). The fraction of sp³-hybridized carbons (Fsp3) is 0.316. The first kappa shape index (κ1) is 20.3. The molecule has 0 aromatic heterocycles. The molecule has 27 heavy (non-hydrogen) atoms. The van der Waals surface area contributed by atoms with Crippen molar-refractivity contribution in [3.8, 4) is 17.2 Å². The second-order valence-electron chi connectivity index (χ2n) is 5.73. The molecule has 0 aliphatic rings. The van der Waals surface area contributed by atoms with Gasteiger partial charge in [0, 0.05) is 20.1 Å². The zero-order chi connectivity index (χ0) is 19.8. The maximum absolute atomic E-state index is 12.2. The maximum atomic E-state index is 12.2. The molecular formula is C19H22F2N2O4. The number of nitrogens with one attached hydrogen (secondary N) is 1. The summed E-state index contributed by atoms with van der Waals surface area (Å²) in [6.45, 7) is -2.21. The van der Waals surface area contributed by atoms with Gasteiger partial charge < -0.3 is 24.4 Å². The van der Waals surface area contributed by atoms with Crippen LogP contribution in [0.25, 0.3) is 0 Å². The number of hydrogen-bond acceptors (Lipinski definition) is 4. The summed E-state index contributed by atoms with van der Waals surface area (Å²) in [5.74, 6) is 1.28. The number of rotatable bonds is 8. The van der Waals surface area contributed by atoms with Gasteiger partial charge in [0.25, 0.3) is 0 Å². The molecule has 0 unspecified atom stereocenters. The van der Waals surface area contributed by atoms with E-state index in [9.17, 15) is 13.6 Å². The average molecular weight is 380 g/mol. The molecule has 0 aliphatic heterocycles. The molecule has 0 bridgehead atoms. The molecule has 0 saturated heterocycles. The lowest BCUT2D eigenvalue weighted by Crippen LogP contribution is -2.36. The van der Waals surface area contributed by atoms with E-state index in [-0.39, 0.29) is 11.8 Å². The highest BCUT2D eigenvalue weighted by molar-refractivity contribution is 5.73. The minimum atomic E-state index is -2.86. The van der Waals surface area contributed by atoms with Crippen LogP contribution in [-0.4, -0.2) is 38.8 Å². The Morgan fingerprint density at radius 3 is 2.26 bits per heavy atom. The van der Waals surface area contributed by atoms with Crippen LogP contribution in [-0.2, 0) is 13.1 Å². The molecule has 2 aromatic carbocycles. The van der Waals surface area contributed by atoms with Gasteiger partial charge in [0.05, 0.1) is 14.2 Å². The van der Waals surface area contributed by atoms with Crippen LogP contribution in [0.2, 0.25) is 0 Å². The minimum Gasteiger partial charge on any atom is -0.493 e. The molecule has 146 valence electrons. The normalized spacial score (nSPS) is 10.4. The van der Waals surface area contributed by atoms with Gasteiger partial charge in [-0.2, -0.15) is 8.78 Å². The van der Waals surface area contributed by atoms with Crippen LogP contribution < -0.4 is 19.5 Å². The van der Waals surface area contributed by atoms with Crippen molar-refractivity contribution in [2.45, 2.75) is 19.7 Å². The lowest BCUT2D eigenvalue weighted by Gasteiger charge is -2.18. The lowest BCUT2D eigenvalue weighted by atomic mass is 10.2. The predicted octanol–water partition coefficient (Wildman–Crippen LogP) is 3.65. The third-order valence-electron chi connectivity index (χ3n) is 3.81. The molecule has 6 nitrogen and oxygen atoms in total. The first-order chi connectivity index (χ1) is 12.9. The Labute approximate surface area is 156 Å². The zero-order valence-corrected chi connectivity index (χ0v) is 15.4. The molecule has 8 heteroatoms. The van der Waals surface area contributed by atoms with Gasteiger partial charge >= 0.3 is 12.6 Å². The standard InChI is InChI=1S/C19H22F2N2O4/c1-23(12-13-4-7-15(8-5-13)27-18(20)21)19(24)22-11-14-6-9-16(25-2)17(10-14)26-3/h4-10,18H,11-12H2,1-3H3,(H,22,24). The quantitative estimate of drug-likeness (QED) is 0.760. The number of amides is 2. The van der Waals surface area contributed by atoms with E-state index in [4.69, 9.17) is 9.47 Å². The minimum absolute atomic E-state index is 0.0781. The highest BCUT2D eigenvalue weighted by Gasteiger charge is 2.11. The molecule has 0 spiro atoms. The predicted molar refractivity (Wildman–Crippen MR) is 96.3 cm³/mol. The number of halogens is 2. The summed E-state index contributed by atoms with van der Waals surface area (Å²) in [6.07, 6.45) is 0. The highest BCUT2D eigenvalue weighted by atomic mass is 19.3. The molecule has 0 atom stereocenters. The van der Waals surface area contributed by atoms with Crippen molar-refractivity contribution in [2.75, 3.05) is 21.3 Å². The summed E-state index contributed by atoms with van der Waals surface area (Å²) in [7, 11) is 4.75. The van der Waals surface area contributed by atoms with Gasteiger partial charge in [-0.15, -0.1) is 0 Å². The van der Waals surface area contributed by atoms with Gasteiger partial charge in [-0.3, -0.25) is 0 Å². The molecule has 2 amide bonds. The van der Waals surface area contributed by atoms with E-state index in [0.29, 0.717) is 24.6 Å². The van der Waals surface area contributed by atoms with E-state index in [1.54, 1.807) is 45.5 Å². The van der Waals surface area contributed by atoms with Crippen molar-refractivity contribution in [1.29, 1.82) is 0 Å². The molecule has 2 aromatic rings. The van der Waals surface area contributed by atoms with E-state index in [0.717, 1.165) is 11.1 Å². The summed E-state index contributed by atoms with van der Waals surface area (Å²) < 4.78 is 39.0. The van der Waals surface area contributed by atoms with Gasteiger partial charge in [-0.1, -0.05) is 18.2 Å². The van der Waals surface area contributed by atoms with E-state index < -0.39 is 6.61 Å². The van der Waals surface area contributed by atoms with Crippen molar-refractivity contribution in [3.05, 3.63) is 53.6 Å². The smallest absolute Gasteiger partial charge is 0.387 e. The molecule has 0 saturated carbocycles. The Kier molecular flexibility index (Phi) is 7.22. The number of ether oxygens (including phenoxy) is 3. The Balaban J connectivity index is 1.88. The van der Waals surface area contributed by atoms with Crippen molar-refractivity contribution in [3.63, 3.8) is 0 Å². The number of hydrogen-bond donors (Lipinski definition) is 1. The first-order valence-corrected chi connectivity index (χ1v) is 8.16.